The molecule has 3 heterocycles. The van der Waals surface area contributed by atoms with Gasteiger partial charge in [0.2, 0.25) is 11.0 Å². The SMILES string of the molecule is Cc1nnc(NC(=O)Cn2cnc3sc(-c4ccccc4)cc3c2=O)s1. The molecular formula is C17H13N5O2S2. The molecule has 7 nitrogen and oxygen atoms in total. The van der Waals surface area contributed by atoms with Gasteiger partial charge < -0.3 is 0 Å². The topological polar surface area (TPSA) is 89.8 Å². The minimum absolute atomic E-state index is 0.128. The normalized spacial score (nSPS) is 11.0. The number of nitrogens with zero attached hydrogens (tertiary/aromatic N) is 4. The fraction of sp³-hybridized carbons (Fsp3) is 0.118. The summed E-state index contributed by atoms with van der Waals surface area (Å²) >= 11 is 2.73. The lowest BCUT2D eigenvalue weighted by atomic mass is 10.2. The highest BCUT2D eigenvalue weighted by Gasteiger charge is 2.13. The van der Waals surface area contributed by atoms with Gasteiger partial charge >= 0.3 is 0 Å². The van der Waals surface area contributed by atoms with Gasteiger partial charge in [-0.15, -0.1) is 21.5 Å². The lowest BCUT2D eigenvalue weighted by Crippen LogP contribution is -2.27. The first-order valence-corrected chi connectivity index (χ1v) is 9.38. The summed E-state index contributed by atoms with van der Waals surface area (Å²) < 4.78 is 1.30. The molecule has 0 atom stereocenters. The molecule has 1 aromatic carbocycles. The Labute approximate surface area is 156 Å². The van der Waals surface area contributed by atoms with Crippen molar-refractivity contribution >= 4 is 43.9 Å². The molecule has 4 rings (SSSR count). The Morgan fingerprint density at radius 3 is 2.73 bits per heavy atom. The largest absolute Gasteiger partial charge is 0.299 e. The van der Waals surface area contributed by atoms with E-state index in [1.165, 1.54) is 33.6 Å². The second-order valence-electron chi connectivity index (χ2n) is 5.55. The number of rotatable bonds is 4. The predicted molar refractivity (Wildman–Crippen MR) is 103 cm³/mol. The van der Waals surface area contributed by atoms with E-state index < -0.39 is 0 Å². The maximum atomic E-state index is 12.7. The Hall–Kier alpha value is -2.91. The summed E-state index contributed by atoms with van der Waals surface area (Å²) in [5.74, 6) is -0.345. The molecule has 0 spiro atoms. The van der Waals surface area contributed by atoms with E-state index in [1.54, 1.807) is 6.92 Å². The number of anilines is 1. The molecule has 26 heavy (non-hydrogen) atoms. The molecule has 130 valence electrons. The zero-order valence-corrected chi connectivity index (χ0v) is 15.3. The van der Waals surface area contributed by atoms with Crippen LogP contribution in [0.2, 0.25) is 0 Å². The van der Waals surface area contributed by atoms with Crippen molar-refractivity contribution < 1.29 is 4.79 Å². The standard InChI is InChI=1S/C17H13N5O2S2/c1-10-20-21-17(25-10)19-14(23)8-22-9-18-15-12(16(22)24)7-13(26-15)11-5-3-2-4-6-11/h2-7,9H,8H2,1H3,(H,19,21,23). The molecule has 0 unspecified atom stereocenters. The minimum atomic E-state index is -0.345. The van der Waals surface area contributed by atoms with Crippen molar-refractivity contribution in [3.8, 4) is 10.4 Å². The van der Waals surface area contributed by atoms with Crippen LogP contribution >= 0.6 is 22.7 Å². The number of hydrogen-bond acceptors (Lipinski definition) is 7. The van der Waals surface area contributed by atoms with Crippen LogP contribution in [-0.2, 0) is 11.3 Å². The van der Waals surface area contributed by atoms with E-state index >= 15 is 0 Å². The third-order valence-electron chi connectivity index (χ3n) is 3.66. The molecule has 0 saturated carbocycles. The molecular weight excluding hydrogens is 370 g/mol. The molecule has 0 aliphatic heterocycles. The lowest BCUT2D eigenvalue weighted by Gasteiger charge is -2.04. The third kappa shape index (κ3) is 3.26. The monoisotopic (exact) mass is 383 g/mol. The van der Waals surface area contributed by atoms with E-state index in [0.717, 1.165) is 15.4 Å². The Morgan fingerprint density at radius 1 is 1.19 bits per heavy atom. The fourth-order valence-electron chi connectivity index (χ4n) is 2.48. The zero-order valence-electron chi connectivity index (χ0n) is 13.7. The van der Waals surface area contributed by atoms with Gasteiger partial charge in [-0.2, -0.15) is 0 Å². The zero-order chi connectivity index (χ0) is 18.1. The van der Waals surface area contributed by atoms with Crippen molar-refractivity contribution in [3.63, 3.8) is 0 Å². The molecule has 1 amide bonds. The Morgan fingerprint density at radius 2 is 2.00 bits per heavy atom. The molecule has 0 aliphatic rings. The number of thiophene rings is 1. The van der Waals surface area contributed by atoms with Crippen LogP contribution in [0.25, 0.3) is 20.7 Å². The summed E-state index contributed by atoms with van der Waals surface area (Å²) in [6.45, 7) is 1.67. The van der Waals surface area contributed by atoms with E-state index in [1.807, 2.05) is 36.4 Å². The Balaban J connectivity index is 1.61. The van der Waals surface area contributed by atoms with Crippen molar-refractivity contribution in [2.45, 2.75) is 13.5 Å². The van der Waals surface area contributed by atoms with Crippen LogP contribution in [0.4, 0.5) is 5.13 Å². The van der Waals surface area contributed by atoms with Crippen molar-refractivity contribution in [3.05, 3.63) is 58.1 Å². The highest BCUT2D eigenvalue weighted by molar-refractivity contribution is 7.21. The quantitative estimate of drug-likeness (QED) is 0.585. The number of amides is 1. The number of hydrogen-bond donors (Lipinski definition) is 1. The van der Waals surface area contributed by atoms with Crippen LogP contribution in [0.5, 0.6) is 0 Å². The van der Waals surface area contributed by atoms with Crippen molar-refractivity contribution in [2.75, 3.05) is 5.32 Å². The van der Waals surface area contributed by atoms with Crippen LogP contribution in [0.15, 0.2) is 47.5 Å². The highest BCUT2D eigenvalue weighted by atomic mass is 32.1. The van der Waals surface area contributed by atoms with Gasteiger partial charge in [0, 0.05) is 4.88 Å². The van der Waals surface area contributed by atoms with Gasteiger partial charge in [0.25, 0.3) is 5.56 Å². The maximum Gasteiger partial charge on any atom is 0.262 e. The van der Waals surface area contributed by atoms with Crippen LogP contribution in [-0.4, -0.2) is 25.7 Å². The van der Waals surface area contributed by atoms with Crippen molar-refractivity contribution in [1.29, 1.82) is 0 Å². The summed E-state index contributed by atoms with van der Waals surface area (Å²) in [6, 6.07) is 11.6. The Kier molecular flexibility index (Phi) is 4.31. The average molecular weight is 383 g/mol. The minimum Gasteiger partial charge on any atom is -0.299 e. The van der Waals surface area contributed by atoms with Crippen molar-refractivity contribution in [1.82, 2.24) is 19.7 Å². The third-order valence-corrected chi connectivity index (χ3v) is 5.51. The van der Waals surface area contributed by atoms with Crippen LogP contribution < -0.4 is 10.9 Å². The summed E-state index contributed by atoms with van der Waals surface area (Å²) in [5.41, 5.74) is 0.794. The van der Waals surface area contributed by atoms with Crippen LogP contribution in [0, 0.1) is 6.92 Å². The van der Waals surface area contributed by atoms with Gasteiger partial charge in [-0.05, 0) is 18.6 Å². The Bertz CT molecular complexity index is 1150. The summed E-state index contributed by atoms with van der Waals surface area (Å²) in [7, 11) is 0. The van der Waals surface area contributed by atoms with Gasteiger partial charge in [-0.3, -0.25) is 19.5 Å². The first-order chi connectivity index (χ1) is 12.6. The summed E-state index contributed by atoms with van der Waals surface area (Å²) in [6.07, 6.45) is 1.40. The van der Waals surface area contributed by atoms with Gasteiger partial charge in [0.15, 0.2) is 0 Å². The predicted octanol–water partition coefficient (Wildman–Crippen LogP) is 2.92. The second kappa shape index (κ2) is 6.77. The molecule has 0 bridgehead atoms. The van der Waals surface area contributed by atoms with Gasteiger partial charge in [-0.1, -0.05) is 41.7 Å². The van der Waals surface area contributed by atoms with Gasteiger partial charge in [0.05, 0.1) is 11.7 Å². The number of aromatic nitrogens is 4. The van der Waals surface area contributed by atoms with Gasteiger partial charge in [-0.25, -0.2) is 4.98 Å². The van der Waals surface area contributed by atoms with E-state index in [-0.39, 0.29) is 18.0 Å². The van der Waals surface area contributed by atoms with E-state index in [2.05, 4.69) is 20.5 Å². The number of carbonyl (C=O) groups excluding carboxylic acids is 1. The molecule has 9 heteroatoms. The van der Waals surface area contributed by atoms with Crippen molar-refractivity contribution in [2.24, 2.45) is 0 Å². The molecule has 4 aromatic rings. The lowest BCUT2D eigenvalue weighted by molar-refractivity contribution is -0.116. The fourth-order valence-corrected chi connectivity index (χ4v) is 4.08. The molecule has 0 saturated heterocycles. The van der Waals surface area contributed by atoms with E-state index in [4.69, 9.17) is 0 Å². The van der Waals surface area contributed by atoms with E-state index in [9.17, 15) is 9.59 Å². The van der Waals surface area contributed by atoms with Crippen LogP contribution in [0.3, 0.4) is 0 Å². The van der Waals surface area contributed by atoms with E-state index in [0.29, 0.717) is 15.3 Å². The molecule has 0 aliphatic carbocycles. The highest BCUT2D eigenvalue weighted by Crippen LogP contribution is 2.30. The smallest absolute Gasteiger partial charge is 0.262 e. The maximum absolute atomic E-state index is 12.7. The molecule has 1 N–H and O–H groups in total. The average Bonchev–Trinajstić information content (AvgIpc) is 3.25. The summed E-state index contributed by atoms with van der Waals surface area (Å²) in [4.78, 5) is 30.8. The number of carbonyl (C=O) groups is 1. The summed E-state index contributed by atoms with van der Waals surface area (Å²) in [5, 5.41) is 12.0. The number of nitrogens with one attached hydrogen (secondary N) is 1. The van der Waals surface area contributed by atoms with Gasteiger partial charge in [0.1, 0.15) is 16.4 Å². The number of aryl methyl sites for hydroxylation is 1. The number of fused-ring (bicyclic) bond motifs is 1. The first kappa shape index (κ1) is 16.6. The first-order valence-electron chi connectivity index (χ1n) is 7.74. The number of benzene rings is 1. The van der Waals surface area contributed by atoms with Crippen LogP contribution in [0.1, 0.15) is 5.01 Å². The molecule has 3 aromatic heterocycles. The molecule has 0 fully saturated rings. The second-order valence-corrected chi connectivity index (χ2v) is 7.76. The molecule has 0 radical (unpaired) electrons.